The van der Waals surface area contributed by atoms with Crippen LogP contribution in [0.5, 0.6) is 5.75 Å². The summed E-state index contributed by atoms with van der Waals surface area (Å²) in [6.45, 7) is 5.28. The monoisotopic (exact) mass is 253 g/mol. The Kier molecular flexibility index (Phi) is 2.83. The minimum atomic E-state index is 0.00528. The Labute approximate surface area is 114 Å². The smallest absolute Gasteiger partial charge is 0.115 e. The van der Waals surface area contributed by atoms with Crippen LogP contribution in [0.4, 0.5) is 0 Å². The molecule has 3 rings (SSSR count). The van der Waals surface area contributed by atoms with E-state index >= 15 is 0 Å². The number of rotatable bonds is 1. The highest BCUT2D eigenvalue weighted by Gasteiger charge is 2.36. The lowest BCUT2D eigenvalue weighted by Crippen LogP contribution is -2.48. The maximum Gasteiger partial charge on any atom is 0.115 e. The summed E-state index contributed by atoms with van der Waals surface area (Å²) in [5.41, 5.74) is 3.82. The Hall–Kier alpha value is -1.80. The predicted octanol–water partition coefficient (Wildman–Crippen LogP) is 3.41. The Bertz CT molecular complexity index is 589. The third-order valence-electron chi connectivity index (χ3n) is 4.03. The molecule has 0 aromatic heterocycles. The number of fused-ring (bicyclic) bond motifs is 1. The van der Waals surface area contributed by atoms with Crippen molar-refractivity contribution in [1.29, 1.82) is 0 Å². The van der Waals surface area contributed by atoms with Crippen LogP contribution < -0.4 is 5.32 Å². The van der Waals surface area contributed by atoms with E-state index in [9.17, 15) is 5.11 Å². The quantitative estimate of drug-likeness (QED) is 0.816. The van der Waals surface area contributed by atoms with Crippen molar-refractivity contribution in [2.75, 3.05) is 0 Å². The van der Waals surface area contributed by atoms with E-state index in [1.165, 1.54) is 16.7 Å². The summed E-state index contributed by atoms with van der Waals surface area (Å²) >= 11 is 0. The molecule has 0 spiro atoms. The van der Waals surface area contributed by atoms with Gasteiger partial charge in [0.2, 0.25) is 0 Å². The average Bonchev–Trinajstić information content (AvgIpc) is 2.39. The molecule has 2 aromatic rings. The lowest BCUT2D eigenvalue weighted by atomic mass is 9.73. The third kappa shape index (κ3) is 2.13. The van der Waals surface area contributed by atoms with Crippen molar-refractivity contribution in [3.05, 3.63) is 65.2 Å². The Morgan fingerprint density at radius 3 is 2.58 bits per heavy atom. The van der Waals surface area contributed by atoms with Gasteiger partial charge in [-0.3, -0.25) is 0 Å². The lowest BCUT2D eigenvalue weighted by Gasteiger charge is -2.41. The fraction of sp³-hybridized carbons (Fsp3) is 0.294. The number of hydrogen-bond donors (Lipinski definition) is 2. The van der Waals surface area contributed by atoms with Crippen LogP contribution in [0.2, 0.25) is 0 Å². The Morgan fingerprint density at radius 2 is 1.84 bits per heavy atom. The zero-order chi connectivity index (χ0) is 13.5. The molecule has 1 unspecified atom stereocenters. The van der Waals surface area contributed by atoms with E-state index in [1.807, 2.05) is 12.1 Å². The van der Waals surface area contributed by atoms with Crippen molar-refractivity contribution in [3.8, 4) is 5.75 Å². The molecule has 2 nitrogen and oxygen atoms in total. The van der Waals surface area contributed by atoms with Gasteiger partial charge in [-0.2, -0.15) is 0 Å². The number of aromatic hydroxyl groups is 1. The largest absolute Gasteiger partial charge is 0.508 e. The van der Waals surface area contributed by atoms with Crippen molar-refractivity contribution in [2.24, 2.45) is 0 Å². The van der Waals surface area contributed by atoms with E-state index in [-0.39, 0.29) is 5.54 Å². The second-order valence-electron chi connectivity index (χ2n) is 5.80. The van der Waals surface area contributed by atoms with Crippen molar-refractivity contribution in [1.82, 2.24) is 5.32 Å². The van der Waals surface area contributed by atoms with Gasteiger partial charge in [-0.15, -0.1) is 0 Å². The van der Waals surface area contributed by atoms with Crippen molar-refractivity contribution < 1.29 is 5.11 Å². The maximum absolute atomic E-state index is 9.65. The fourth-order valence-electron chi connectivity index (χ4n) is 3.08. The van der Waals surface area contributed by atoms with E-state index in [0.717, 1.165) is 6.54 Å². The zero-order valence-corrected chi connectivity index (χ0v) is 11.4. The molecule has 0 radical (unpaired) electrons. The van der Waals surface area contributed by atoms with E-state index < -0.39 is 0 Å². The van der Waals surface area contributed by atoms with Gasteiger partial charge in [0.05, 0.1) is 0 Å². The van der Waals surface area contributed by atoms with Gasteiger partial charge in [0.25, 0.3) is 0 Å². The molecule has 2 N–H and O–H groups in total. The molecule has 1 heterocycles. The second-order valence-corrected chi connectivity index (χ2v) is 5.80. The average molecular weight is 253 g/mol. The van der Waals surface area contributed by atoms with Crippen LogP contribution in [0.3, 0.4) is 0 Å². The SMILES string of the molecule is CC1(C)NCc2cc(O)ccc2C1c1ccccc1. The van der Waals surface area contributed by atoms with E-state index in [0.29, 0.717) is 11.7 Å². The third-order valence-corrected chi connectivity index (χ3v) is 4.03. The number of phenols is 1. The van der Waals surface area contributed by atoms with Gasteiger partial charge < -0.3 is 10.4 Å². The molecule has 1 aliphatic rings. The summed E-state index contributed by atoms with van der Waals surface area (Å²) in [6, 6.07) is 16.3. The van der Waals surface area contributed by atoms with Crippen LogP contribution in [-0.4, -0.2) is 10.6 Å². The fourth-order valence-corrected chi connectivity index (χ4v) is 3.08. The van der Waals surface area contributed by atoms with Gasteiger partial charge in [0.1, 0.15) is 5.75 Å². The first kappa shape index (κ1) is 12.2. The van der Waals surface area contributed by atoms with E-state index in [2.05, 4.69) is 49.5 Å². The maximum atomic E-state index is 9.65. The van der Waals surface area contributed by atoms with E-state index in [1.54, 1.807) is 6.07 Å². The molecule has 0 saturated heterocycles. The molecule has 2 aromatic carbocycles. The Morgan fingerprint density at radius 1 is 1.11 bits per heavy atom. The Balaban J connectivity index is 2.16. The van der Waals surface area contributed by atoms with Crippen molar-refractivity contribution in [3.63, 3.8) is 0 Å². The summed E-state index contributed by atoms with van der Waals surface area (Å²) in [7, 11) is 0. The normalized spacial score (nSPS) is 20.8. The van der Waals surface area contributed by atoms with Gasteiger partial charge in [-0.25, -0.2) is 0 Å². The molecule has 1 aliphatic heterocycles. The summed E-state index contributed by atoms with van der Waals surface area (Å²) in [5.74, 6) is 0.644. The summed E-state index contributed by atoms with van der Waals surface area (Å²) in [4.78, 5) is 0. The summed E-state index contributed by atoms with van der Waals surface area (Å²) < 4.78 is 0. The lowest BCUT2D eigenvalue weighted by molar-refractivity contribution is 0.322. The number of phenolic OH excluding ortho intramolecular Hbond substituents is 1. The second kappa shape index (κ2) is 4.39. The molecule has 2 heteroatoms. The van der Waals surface area contributed by atoms with Gasteiger partial charge in [-0.1, -0.05) is 36.4 Å². The standard InChI is InChI=1S/C17H19NO/c1-17(2)16(12-6-4-3-5-7-12)15-9-8-14(19)10-13(15)11-18-17/h3-10,16,18-19H,11H2,1-2H3. The van der Waals surface area contributed by atoms with Gasteiger partial charge in [0, 0.05) is 18.0 Å². The minimum absolute atomic E-state index is 0.00528. The first-order valence-corrected chi connectivity index (χ1v) is 6.70. The molecule has 0 saturated carbocycles. The van der Waals surface area contributed by atoms with Gasteiger partial charge in [0.15, 0.2) is 0 Å². The highest BCUT2D eigenvalue weighted by atomic mass is 16.3. The summed E-state index contributed by atoms with van der Waals surface area (Å²) in [6.07, 6.45) is 0. The number of hydrogen-bond acceptors (Lipinski definition) is 2. The number of benzene rings is 2. The summed E-state index contributed by atoms with van der Waals surface area (Å²) in [5, 5.41) is 13.2. The van der Waals surface area contributed by atoms with Crippen LogP contribution in [-0.2, 0) is 6.54 Å². The predicted molar refractivity (Wildman–Crippen MR) is 77.3 cm³/mol. The van der Waals surface area contributed by atoms with E-state index in [4.69, 9.17) is 0 Å². The van der Waals surface area contributed by atoms with Crippen LogP contribution in [0, 0.1) is 0 Å². The minimum Gasteiger partial charge on any atom is -0.508 e. The van der Waals surface area contributed by atoms with Gasteiger partial charge >= 0.3 is 0 Å². The van der Waals surface area contributed by atoms with Gasteiger partial charge in [-0.05, 0) is 42.7 Å². The van der Waals surface area contributed by atoms with Crippen LogP contribution in [0.15, 0.2) is 48.5 Å². The first-order chi connectivity index (χ1) is 9.08. The van der Waals surface area contributed by atoms with Crippen LogP contribution >= 0.6 is 0 Å². The topological polar surface area (TPSA) is 32.3 Å². The molecule has 98 valence electrons. The van der Waals surface area contributed by atoms with Crippen LogP contribution in [0.1, 0.15) is 36.5 Å². The molecule has 0 fully saturated rings. The highest BCUT2D eigenvalue weighted by molar-refractivity contribution is 5.46. The molecular formula is C17H19NO. The molecule has 0 aliphatic carbocycles. The molecule has 0 amide bonds. The molecule has 19 heavy (non-hydrogen) atoms. The zero-order valence-electron chi connectivity index (χ0n) is 11.4. The molecule has 0 bridgehead atoms. The van der Waals surface area contributed by atoms with Crippen molar-refractivity contribution in [2.45, 2.75) is 31.8 Å². The highest BCUT2D eigenvalue weighted by Crippen LogP contribution is 2.40. The first-order valence-electron chi connectivity index (χ1n) is 6.70. The number of nitrogens with one attached hydrogen (secondary N) is 1. The molecule has 1 atom stereocenters. The van der Waals surface area contributed by atoms with Crippen molar-refractivity contribution >= 4 is 0 Å². The van der Waals surface area contributed by atoms with Crippen LogP contribution in [0.25, 0.3) is 0 Å². The molecular weight excluding hydrogens is 234 g/mol.